The Labute approximate surface area is 87.7 Å². The molecule has 1 aromatic heterocycles. The number of hydrogen-bond acceptors (Lipinski definition) is 1. The highest BCUT2D eigenvalue weighted by Crippen LogP contribution is 2.24. The van der Waals surface area contributed by atoms with Crippen molar-refractivity contribution < 1.29 is 0 Å². The van der Waals surface area contributed by atoms with Crippen LogP contribution in [0.5, 0.6) is 0 Å². The fraction of sp³-hybridized carbons (Fsp3) is 0.0909. The SMILES string of the molecule is NCc1ccc(-c2ccc[nH]2)cc1Cl. The fourth-order valence-electron chi connectivity index (χ4n) is 1.39. The summed E-state index contributed by atoms with van der Waals surface area (Å²) in [5.41, 5.74) is 8.65. The average molecular weight is 207 g/mol. The normalized spacial score (nSPS) is 10.4. The van der Waals surface area contributed by atoms with Crippen molar-refractivity contribution in [3.8, 4) is 11.3 Å². The molecule has 0 saturated carbocycles. The lowest BCUT2D eigenvalue weighted by Crippen LogP contribution is -1.96. The summed E-state index contributed by atoms with van der Waals surface area (Å²) in [6.45, 7) is 0.476. The van der Waals surface area contributed by atoms with Crippen LogP contribution in [0.4, 0.5) is 0 Å². The van der Waals surface area contributed by atoms with E-state index in [0.717, 1.165) is 21.8 Å². The molecule has 0 aliphatic rings. The summed E-state index contributed by atoms with van der Waals surface area (Å²) in [7, 11) is 0. The number of H-pyrrole nitrogens is 1. The lowest BCUT2D eigenvalue weighted by Gasteiger charge is -2.03. The molecule has 0 aliphatic heterocycles. The Kier molecular flexibility index (Phi) is 2.57. The van der Waals surface area contributed by atoms with E-state index in [1.807, 2.05) is 36.5 Å². The number of halogens is 1. The van der Waals surface area contributed by atoms with Gasteiger partial charge in [0.15, 0.2) is 0 Å². The number of aromatic amines is 1. The Morgan fingerprint density at radius 3 is 2.71 bits per heavy atom. The van der Waals surface area contributed by atoms with Gasteiger partial charge in [0.25, 0.3) is 0 Å². The summed E-state index contributed by atoms with van der Waals surface area (Å²) in [5, 5.41) is 0.722. The third-order valence-electron chi connectivity index (χ3n) is 2.18. The molecule has 0 fully saturated rings. The number of hydrogen-bond donors (Lipinski definition) is 2. The first-order chi connectivity index (χ1) is 6.81. The molecule has 0 unspecified atom stereocenters. The van der Waals surface area contributed by atoms with Gasteiger partial charge in [0, 0.05) is 23.5 Å². The van der Waals surface area contributed by atoms with Gasteiger partial charge in [-0.2, -0.15) is 0 Å². The molecule has 0 aliphatic carbocycles. The largest absolute Gasteiger partial charge is 0.361 e. The third-order valence-corrected chi connectivity index (χ3v) is 2.53. The van der Waals surface area contributed by atoms with E-state index in [1.54, 1.807) is 0 Å². The molecule has 1 heterocycles. The minimum Gasteiger partial charge on any atom is -0.361 e. The van der Waals surface area contributed by atoms with Crippen LogP contribution < -0.4 is 5.73 Å². The highest BCUT2D eigenvalue weighted by Gasteiger charge is 2.02. The molecule has 2 rings (SSSR count). The van der Waals surface area contributed by atoms with E-state index in [1.165, 1.54) is 0 Å². The Hall–Kier alpha value is -1.25. The topological polar surface area (TPSA) is 41.8 Å². The van der Waals surface area contributed by atoms with E-state index in [0.29, 0.717) is 6.54 Å². The van der Waals surface area contributed by atoms with Crippen LogP contribution in [0.3, 0.4) is 0 Å². The van der Waals surface area contributed by atoms with Gasteiger partial charge < -0.3 is 10.7 Å². The van der Waals surface area contributed by atoms with Crippen molar-refractivity contribution in [2.45, 2.75) is 6.54 Å². The summed E-state index contributed by atoms with van der Waals surface area (Å²) >= 11 is 6.05. The van der Waals surface area contributed by atoms with Crippen molar-refractivity contribution in [1.29, 1.82) is 0 Å². The van der Waals surface area contributed by atoms with Crippen LogP contribution in [0.15, 0.2) is 36.5 Å². The number of nitrogens with two attached hydrogens (primary N) is 1. The zero-order chi connectivity index (χ0) is 9.97. The van der Waals surface area contributed by atoms with Crippen molar-refractivity contribution in [3.05, 3.63) is 47.1 Å². The first kappa shape index (κ1) is 9.31. The van der Waals surface area contributed by atoms with Gasteiger partial charge in [0.05, 0.1) is 0 Å². The highest BCUT2D eigenvalue weighted by molar-refractivity contribution is 6.31. The molecule has 0 atom stereocenters. The smallest absolute Gasteiger partial charge is 0.0457 e. The molecule has 0 spiro atoms. The summed E-state index contributed by atoms with van der Waals surface area (Å²) in [5.74, 6) is 0. The first-order valence-electron chi connectivity index (χ1n) is 4.43. The molecule has 0 saturated heterocycles. The van der Waals surface area contributed by atoms with E-state index < -0.39 is 0 Å². The monoisotopic (exact) mass is 206 g/mol. The summed E-state index contributed by atoms with van der Waals surface area (Å²) in [4.78, 5) is 3.13. The fourth-order valence-corrected chi connectivity index (χ4v) is 1.65. The Balaban J connectivity index is 2.43. The van der Waals surface area contributed by atoms with Gasteiger partial charge >= 0.3 is 0 Å². The molecule has 3 heteroatoms. The van der Waals surface area contributed by atoms with Crippen molar-refractivity contribution in [2.24, 2.45) is 5.73 Å². The molecule has 14 heavy (non-hydrogen) atoms. The minimum atomic E-state index is 0.476. The molecule has 72 valence electrons. The van der Waals surface area contributed by atoms with Crippen LogP contribution in [0, 0.1) is 0 Å². The van der Waals surface area contributed by atoms with Gasteiger partial charge in [-0.3, -0.25) is 0 Å². The maximum absolute atomic E-state index is 6.05. The molecule has 2 aromatic rings. The van der Waals surface area contributed by atoms with Crippen LogP contribution in [0.1, 0.15) is 5.56 Å². The molecule has 3 N–H and O–H groups in total. The maximum atomic E-state index is 6.05. The lowest BCUT2D eigenvalue weighted by atomic mass is 10.1. The van der Waals surface area contributed by atoms with Crippen molar-refractivity contribution in [3.63, 3.8) is 0 Å². The summed E-state index contributed by atoms with van der Waals surface area (Å²) in [6, 6.07) is 9.86. The molecule has 0 amide bonds. The number of rotatable bonds is 2. The van der Waals surface area contributed by atoms with Gasteiger partial charge in [0.2, 0.25) is 0 Å². The number of aromatic nitrogens is 1. The summed E-state index contributed by atoms with van der Waals surface area (Å²) in [6.07, 6.45) is 1.89. The molecule has 0 radical (unpaired) electrons. The highest BCUT2D eigenvalue weighted by atomic mass is 35.5. The average Bonchev–Trinajstić information content (AvgIpc) is 2.70. The van der Waals surface area contributed by atoms with Crippen LogP contribution in [-0.2, 0) is 6.54 Å². The third kappa shape index (κ3) is 1.67. The Bertz CT molecular complexity index is 421. The van der Waals surface area contributed by atoms with Gasteiger partial charge in [-0.25, -0.2) is 0 Å². The van der Waals surface area contributed by atoms with Crippen molar-refractivity contribution in [2.75, 3.05) is 0 Å². The predicted octanol–water partition coefficient (Wildman–Crippen LogP) is 2.79. The van der Waals surface area contributed by atoms with Gasteiger partial charge in [-0.15, -0.1) is 0 Å². The van der Waals surface area contributed by atoms with Gasteiger partial charge in [-0.05, 0) is 29.3 Å². The van der Waals surface area contributed by atoms with Gasteiger partial charge in [-0.1, -0.05) is 23.7 Å². The van der Waals surface area contributed by atoms with E-state index in [9.17, 15) is 0 Å². The van der Waals surface area contributed by atoms with Crippen LogP contribution in [0.25, 0.3) is 11.3 Å². The van der Waals surface area contributed by atoms with Gasteiger partial charge in [0.1, 0.15) is 0 Å². The second-order valence-corrected chi connectivity index (χ2v) is 3.50. The quantitative estimate of drug-likeness (QED) is 0.780. The number of nitrogens with one attached hydrogen (secondary N) is 1. The Morgan fingerprint density at radius 2 is 2.14 bits per heavy atom. The van der Waals surface area contributed by atoms with Crippen molar-refractivity contribution >= 4 is 11.6 Å². The molecular formula is C11H11ClN2. The zero-order valence-electron chi connectivity index (χ0n) is 7.63. The van der Waals surface area contributed by atoms with E-state index in [-0.39, 0.29) is 0 Å². The second-order valence-electron chi connectivity index (χ2n) is 3.09. The molecule has 0 bridgehead atoms. The van der Waals surface area contributed by atoms with Crippen LogP contribution in [0.2, 0.25) is 5.02 Å². The number of benzene rings is 1. The lowest BCUT2D eigenvalue weighted by molar-refractivity contribution is 1.07. The van der Waals surface area contributed by atoms with Crippen LogP contribution >= 0.6 is 11.6 Å². The van der Waals surface area contributed by atoms with Crippen molar-refractivity contribution in [1.82, 2.24) is 4.98 Å². The minimum absolute atomic E-state index is 0.476. The first-order valence-corrected chi connectivity index (χ1v) is 4.81. The maximum Gasteiger partial charge on any atom is 0.0457 e. The van der Waals surface area contributed by atoms with E-state index >= 15 is 0 Å². The zero-order valence-corrected chi connectivity index (χ0v) is 8.38. The Morgan fingerprint density at radius 1 is 1.29 bits per heavy atom. The van der Waals surface area contributed by atoms with E-state index in [4.69, 9.17) is 17.3 Å². The molecular weight excluding hydrogens is 196 g/mol. The molecule has 1 aromatic carbocycles. The predicted molar refractivity (Wildman–Crippen MR) is 59.1 cm³/mol. The van der Waals surface area contributed by atoms with Crippen LogP contribution in [-0.4, -0.2) is 4.98 Å². The standard InChI is InChI=1S/C11H11ClN2/c12-10-6-8(3-4-9(10)7-13)11-2-1-5-14-11/h1-6,14H,7,13H2. The van der Waals surface area contributed by atoms with E-state index in [2.05, 4.69) is 4.98 Å². The molecule has 2 nitrogen and oxygen atoms in total. The summed E-state index contributed by atoms with van der Waals surface area (Å²) < 4.78 is 0. The second kappa shape index (κ2) is 3.86.